The number of hydrogen-bond donors (Lipinski definition) is 0. The third-order valence-corrected chi connectivity index (χ3v) is 6.05. The maximum atomic E-state index is 13.6. The van der Waals surface area contributed by atoms with E-state index in [4.69, 9.17) is 4.74 Å². The van der Waals surface area contributed by atoms with Gasteiger partial charge in [0.05, 0.1) is 20.2 Å². The second kappa shape index (κ2) is 12.8. The molecule has 0 fully saturated rings. The van der Waals surface area contributed by atoms with Crippen LogP contribution in [0.5, 0.6) is 5.75 Å². The number of amides is 2. The molecule has 0 spiro atoms. The van der Waals surface area contributed by atoms with E-state index in [2.05, 4.69) is 10.6 Å². The van der Waals surface area contributed by atoms with Crippen molar-refractivity contribution >= 4 is 11.8 Å². The summed E-state index contributed by atoms with van der Waals surface area (Å²) in [5, 5.41) is 0. The van der Waals surface area contributed by atoms with E-state index in [1.54, 1.807) is 12.0 Å². The summed E-state index contributed by atoms with van der Waals surface area (Å²) < 4.78 is 7.52. The summed E-state index contributed by atoms with van der Waals surface area (Å²) in [6, 6.07) is 22.0. The van der Waals surface area contributed by atoms with Crippen LogP contribution in [0.3, 0.4) is 0 Å². The van der Waals surface area contributed by atoms with E-state index in [1.165, 1.54) is 0 Å². The lowest BCUT2D eigenvalue weighted by atomic mass is 10.2. The molecular weight excluding hydrogens is 438 g/mol. The van der Waals surface area contributed by atoms with Gasteiger partial charge in [0.25, 0.3) is 0 Å². The first-order chi connectivity index (χ1) is 16.9. The first-order valence-electron chi connectivity index (χ1n) is 12.3. The minimum atomic E-state index is -0.0545. The molecule has 1 heterocycles. The summed E-state index contributed by atoms with van der Waals surface area (Å²) in [5.41, 5.74) is 3.22. The van der Waals surface area contributed by atoms with E-state index in [0.717, 1.165) is 29.0 Å². The topological polar surface area (TPSA) is 54.8 Å². The number of rotatable bonds is 12. The fourth-order valence-corrected chi connectivity index (χ4v) is 4.11. The van der Waals surface area contributed by atoms with Gasteiger partial charge in [-0.1, -0.05) is 49.4 Å². The smallest absolute Gasteiger partial charge is 0.242 e. The van der Waals surface area contributed by atoms with Gasteiger partial charge in [-0.05, 0) is 55.7 Å². The third-order valence-electron chi connectivity index (χ3n) is 6.05. The van der Waals surface area contributed by atoms with Gasteiger partial charge in [0, 0.05) is 37.4 Å². The number of carbonyl (C=O) groups excluding carboxylic acids is 2. The fraction of sp³-hybridized carbons (Fsp3) is 0.379. The van der Waals surface area contributed by atoms with Crippen molar-refractivity contribution in [3.8, 4) is 5.75 Å². The highest BCUT2D eigenvalue weighted by Crippen LogP contribution is 2.17. The lowest BCUT2D eigenvalue weighted by molar-refractivity contribution is -0.142. The maximum Gasteiger partial charge on any atom is 0.242 e. The summed E-state index contributed by atoms with van der Waals surface area (Å²) in [5.74, 6) is 0.792. The van der Waals surface area contributed by atoms with Crippen LogP contribution >= 0.6 is 0 Å². The third kappa shape index (κ3) is 7.47. The highest BCUT2D eigenvalue weighted by molar-refractivity contribution is 5.85. The molecule has 6 nitrogen and oxygen atoms in total. The molecule has 0 aliphatic carbocycles. The zero-order valence-electron chi connectivity index (χ0n) is 21.3. The molecule has 2 amide bonds. The van der Waals surface area contributed by atoms with E-state index in [9.17, 15) is 9.59 Å². The van der Waals surface area contributed by atoms with E-state index in [-0.39, 0.29) is 24.4 Å². The van der Waals surface area contributed by atoms with Gasteiger partial charge >= 0.3 is 0 Å². The molecule has 0 unspecified atom stereocenters. The van der Waals surface area contributed by atoms with Crippen LogP contribution < -0.4 is 4.74 Å². The standard InChI is InChI=1S/C29H37N3O3/c1-5-11-28(33)32(23(2)3)22-29(34)31(19-24-12-7-6-8-13-24)21-26-15-10-17-30(26)20-25-14-9-16-27(18-25)35-4/h6-10,12-18,23H,5,11,19-22H2,1-4H3. The Morgan fingerprint density at radius 3 is 2.34 bits per heavy atom. The van der Waals surface area contributed by atoms with Crippen molar-refractivity contribution in [2.24, 2.45) is 0 Å². The molecule has 35 heavy (non-hydrogen) atoms. The zero-order valence-corrected chi connectivity index (χ0v) is 21.3. The molecule has 3 rings (SSSR count). The summed E-state index contributed by atoms with van der Waals surface area (Å²) >= 11 is 0. The molecule has 0 saturated heterocycles. The Hall–Kier alpha value is -3.54. The van der Waals surface area contributed by atoms with Crippen LogP contribution in [0.15, 0.2) is 72.9 Å². The highest BCUT2D eigenvalue weighted by atomic mass is 16.5. The van der Waals surface area contributed by atoms with Crippen LogP contribution in [0.1, 0.15) is 50.4 Å². The Kier molecular flexibility index (Phi) is 9.53. The molecule has 0 N–H and O–H groups in total. The molecule has 2 aromatic carbocycles. The van der Waals surface area contributed by atoms with Crippen LogP contribution in [0.2, 0.25) is 0 Å². The van der Waals surface area contributed by atoms with Crippen molar-refractivity contribution in [2.45, 2.75) is 59.3 Å². The van der Waals surface area contributed by atoms with Crippen LogP contribution in [0.4, 0.5) is 0 Å². The average molecular weight is 476 g/mol. The first-order valence-corrected chi connectivity index (χ1v) is 12.3. The monoisotopic (exact) mass is 475 g/mol. The summed E-state index contributed by atoms with van der Waals surface area (Å²) in [4.78, 5) is 29.8. The highest BCUT2D eigenvalue weighted by Gasteiger charge is 2.24. The van der Waals surface area contributed by atoms with E-state index >= 15 is 0 Å². The number of ether oxygens (including phenoxy) is 1. The average Bonchev–Trinajstić information content (AvgIpc) is 3.29. The van der Waals surface area contributed by atoms with Crippen molar-refractivity contribution in [2.75, 3.05) is 13.7 Å². The number of methoxy groups -OCH3 is 1. The molecule has 0 radical (unpaired) electrons. The fourth-order valence-electron chi connectivity index (χ4n) is 4.11. The van der Waals surface area contributed by atoms with Crippen LogP contribution in [0.25, 0.3) is 0 Å². The minimum absolute atomic E-state index is 0.0249. The minimum Gasteiger partial charge on any atom is -0.497 e. The van der Waals surface area contributed by atoms with Gasteiger partial charge in [-0.25, -0.2) is 0 Å². The molecule has 3 aromatic rings. The number of carbonyl (C=O) groups is 2. The lowest BCUT2D eigenvalue weighted by Gasteiger charge is -2.30. The number of hydrogen-bond acceptors (Lipinski definition) is 3. The Bertz CT molecular complexity index is 1090. The predicted molar refractivity (Wildman–Crippen MR) is 139 cm³/mol. The van der Waals surface area contributed by atoms with Crippen molar-refractivity contribution in [1.82, 2.24) is 14.4 Å². The molecule has 0 bridgehead atoms. The molecule has 186 valence electrons. The van der Waals surface area contributed by atoms with Crippen molar-refractivity contribution in [3.63, 3.8) is 0 Å². The SMILES string of the molecule is CCCC(=O)N(CC(=O)N(Cc1ccccc1)Cc1cccn1Cc1cccc(OC)c1)C(C)C. The lowest BCUT2D eigenvalue weighted by Crippen LogP contribution is -2.45. The second-order valence-electron chi connectivity index (χ2n) is 9.08. The quantitative estimate of drug-likeness (QED) is 0.366. The van der Waals surface area contributed by atoms with Gasteiger partial charge in [0.1, 0.15) is 5.75 Å². The molecule has 0 aliphatic heterocycles. The summed E-state index contributed by atoms with van der Waals surface area (Å²) in [6.45, 7) is 7.61. The Morgan fingerprint density at radius 1 is 0.914 bits per heavy atom. The van der Waals surface area contributed by atoms with Gasteiger partial charge in [-0.2, -0.15) is 0 Å². The molecular formula is C29H37N3O3. The molecule has 0 saturated carbocycles. The molecule has 0 atom stereocenters. The number of benzene rings is 2. The second-order valence-corrected chi connectivity index (χ2v) is 9.08. The predicted octanol–water partition coefficient (Wildman–Crippen LogP) is 5.11. The normalized spacial score (nSPS) is 10.9. The van der Waals surface area contributed by atoms with Crippen LogP contribution in [-0.2, 0) is 29.2 Å². The summed E-state index contributed by atoms with van der Waals surface area (Å²) in [6.07, 6.45) is 3.25. The Morgan fingerprint density at radius 2 is 1.66 bits per heavy atom. The van der Waals surface area contributed by atoms with Crippen molar-refractivity contribution in [1.29, 1.82) is 0 Å². The van der Waals surface area contributed by atoms with E-state index < -0.39 is 0 Å². The van der Waals surface area contributed by atoms with Gasteiger partial charge < -0.3 is 19.1 Å². The van der Waals surface area contributed by atoms with Crippen molar-refractivity contribution in [3.05, 3.63) is 89.7 Å². The number of aromatic nitrogens is 1. The van der Waals surface area contributed by atoms with Crippen LogP contribution in [0, 0.1) is 0 Å². The van der Waals surface area contributed by atoms with Crippen molar-refractivity contribution < 1.29 is 14.3 Å². The number of nitrogens with zero attached hydrogens (tertiary/aromatic N) is 3. The molecule has 0 aliphatic rings. The molecule has 6 heteroatoms. The molecule has 1 aromatic heterocycles. The van der Waals surface area contributed by atoms with Gasteiger partial charge in [-0.15, -0.1) is 0 Å². The largest absolute Gasteiger partial charge is 0.497 e. The Balaban J connectivity index is 1.82. The van der Waals surface area contributed by atoms with Crippen LogP contribution in [-0.4, -0.2) is 45.9 Å². The van der Waals surface area contributed by atoms with Gasteiger partial charge in [0.2, 0.25) is 11.8 Å². The summed E-state index contributed by atoms with van der Waals surface area (Å²) in [7, 11) is 1.67. The van der Waals surface area contributed by atoms with E-state index in [1.807, 2.05) is 92.5 Å². The Labute approximate surface area is 209 Å². The first kappa shape index (κ1) is 26.1. The van der Waals surface area contributed by atoms with Gasteiger partial charge in [0.15, 0.2) is 0 Å². The van der Waals surface area contributed by atoms with Gasteiger partial charge in [-0.3, -0.25) is 9.59 Å². The van der Waals surface area contributed by atoms with E-state index in [0.29, 0.717) is 26.1 Å². The zero-order chi connectivity index (χ0) is 25.2. The maximum absolute atomic E-state index is 13.6.